The first-order chi connectivity index (χ1) is 16.2. The highest BCUT2D eigenvalue weighted by Gasteiger charge is 2.56. The summed E-state index contributed by atoms with van der Waals surface area (Å²) in [6.45, 7) is -2.36. The minimum atomic E-state index is -3.43. The van der Waals surface area contributed by atoms with E-state index in [-0.39, 0.29) is 35.9 Å². The fraction of sp³-hybridized carbons (Fsp3) is 0.429. The number of hydrogen-bond donors (Lipinski definition) is 2. The van der Waals surface area contributed by atoms with Crippen LogP contribution in [0.5, 0.6) is 5.88 Å². The van der Waals surface area contributed by atoms with E-state index < -0.39 is 61.0 Å². The number of benzene rings is 1. The van der Waals surface area contributed by atoms with Crippen molar-refractivity contribution in [3.8, 4) is 5.88 Å². The molecule has 4 rings (SSSR count). The van der Waals surface area contributed by atoms with Crippen molar-refractivity contribution in [3.05, 3.63) is 47.7 Å². The fourth-order valence-corrected chi connectivity index (χ4v) is 4.19. The number of aliphatic imine (C=N–C) groups is 1. The van der Waals surface area contributed by atoms with Gasteiger partial charge in [-0.3, -0.25) is 9.79 Å². The van der Waals surface area contributed by atoms with Gasteiger partial charge in [-0.15, -0.1) is 0 Å². The second-order valence-electron chi connectivity index (χ2n) is 7.99. The van der Waals surface area contributed by atoms with E-state index in [0.29, 0.717) is 0 Å². The first-order valence-corrected chi connectivity index (χ1v) is 10.2. The maximum atomic E-state index is 15.0. The predicted molar refractivity (Wildman–Crippen MR) is 110 cm³/mol. The first kappa shape index (κ1) is 23.8. The number of amides is 1. The molecule has 182 valence electrons. The topological polar surface area (TPSA) is 112 Å². The van der Waals surface area contributed by atoms with Crippen molar-refractivity contribution in [3.63, 3.8) is 0 Å². The number of rotatable bonds is 6. The van der Waals surface area contributed by atoms with Crippen LogP contribution in [0.15, 0.2) is 35.6 Å². The Hall–Kier alpha value is -3.35. The Kier molecular flexibility index (Phi) is 6.39. The number of halogens is 5. The summed E-state index contributed by atoms with van der Waals surface area (Å²) in [5, 5.41) is 2.50. The average Bonchev–Trinajstić information content (AvgIpc) is 2.81. The summed E-state index contributed by atoms with van der Waals surface area (Å²) in [5.74, 6) is -6.97. The molecule has 1 aromatic heterocycles. The number of nitrogens with zero attached hydrogens (tertiary/aromatic N) is 3. The van der Waals surface area contributed by atoms with Crippen LogP contribution in [0.3, 0.4) is 0 Å². The fourth-order valence-electron chi connectivity index (χ4n) is 4.19. The van der Waals surface area contributed by atoms with Gasteiger partial charge in [-0.25, -0.2) is 23.1 Å². The number of nitrogens with two attached hydrogens (primary N) is 1. The summed E-state index contributed by atoms with van der Waals surface area (Å²) < 4.78 is 79.0. The lowest BCUT2D eigenvalue weighted by Crippen LogP contribution is -2.56. The van der Waals surface area contributed by atoms with Crippen molar-refractivity contribution in [1.29, 1.82) is 0 Å². The van der Waals surface area contributed by atoms with Crippen molar-refractivity contribution in [2.75, 3.05) is 25.5 Å². The smallest absolute Gasteiger partial charge is 0.304 e. The van der Waals surface area contributed by atoms with Gasteiger partial charge in [0.15, 0.2) is 5.84 Å². The van der Waals surface area contributed by atoms with E-state index in [9.17, 15) is 26.7 Å². The highest BCUT2D eigenvalue weighted by Crippen LogP contribution is 2.50. The molecule has 0 radical (unpaired) electrons. The molecule has 8 nitrogen and oxygen atoms in total. The molecule has 0 saturated carbocycles. The van der Waals surface area contributed by atoms with Crippen molar-refractivity contribution in [2.24, 2.45) is 16.6 Å². The lowest BCUT2D eigenvalue weighted by molar-refractivity contribution is -0.0988. The third-order valence-electron chi connectivity index (χ3n) is 5.89. The Bertz CT molecular complexity index is 1100. The van der Waals surface area contributed by atoms with Gasteiger partial charge in [-0.05, 0) is 30.5 Å². The van der Waals surface area contributed by atoms with Gasteiger partial charge in [-0.2, -0.15) is 8.78 Å². The van der Waals surface area contributed by atoms with Gasteiger partial charge in [-0.1, -0.05) is 0 Å². The average molecular weight is 485 g/mol. The van der Waals surface area contributed by atoms with Gasteiger partial charge in [0.1, 0.15) is 23.7 Å². The zero-order valence-electron chi connectivity index (χ0n) is 17.6. The normalized spacial score (nSPS) is 25.7. The second kappa shape index (κ2) is 9.12. The number of ether oxygens (including phenoxy) is 2. The monoisotopic (exact) mass is 485 g/mol. The van der Waals surface area contributed by atoms with E-state index in [1.807, 2.05) is 0 Å². The van der Waals surface area contributed by atoms with Crippen LogP contribution < -0.4 is 15.8 Å². The van der Waals surface area contributed by atoms with E-state index in [1.165, 1.54) is 12.1 Å². The molecule has 13 heteroatoms. The summed E-state index contributed by atoms with van der Waals surface area (Å²) in [6.07, 6.45) is 0.328. The van der Waals surface area contributed by atoms with E-state index >= 15 is 0 Å². The number of fused-ring (bicyclic) bond motifs is 1. The van der Waals surface area contributed by atoms with Crippen LogP contribution in [0.1, 0.15) is 28.9 Å². The zero-order valence-corrected chi connectivity index (χ0v) is 17.6. The number of carbonyl (C=O) groups is 1. The number of hydrogen-bond acceptors (Lipinski definition) is 7. The molecule has 3 N–H and O–H groups in total. The van der Waals surface area contributed by atoms with Crippen molar-refractivity contribution >= 4 is 17.4 Å². The molecular formula is C21H20F5N5O3. The van der Waals surface area contributed by atoms with Crippen LogP contribution in [-0.4, -0.2) is 53.9 Å². The van der Waals surface area contributed by atoms with Crippen molar-refractivity contribution in [1.82, 2.24) is 9.97 Å². The molecule has 1 aromatic carbocycles. The van der Waals surface area contributed by atoms with Crippen LogP contribution in [-0.2, 0) is 10.3 Å². The Labute approximate surface area is 190 Å². The minimum Gasteiger partial charge on any atom is -0.445 e. The van der Waals surface area contributed by atoms with Gasteiger partial charge in [0.2, 0.25) is 12.7 Å². The highest BCUT2D eigenvalue weighted by atomic mass is 19.3. The van der Waals surface area contributed by atoms with Gasteiger partial charge >= 0.3 is 5.92 Å². The molecule has 0 aliphatic carbocycles. The summed E-state index contributed by atoms with van der Waals surface area (Å²) in [7, 11) is 0. The first-order valence-electron chi connectivity index (χ1n) is 10.2. The SMILES string of the molecule is NC1=N[C@@]2(c3cc(NC(=O)c4cnc(OCF)cn4)ccc3F)CO[C@@H](CF)C[C@H]2CC1(F)F. The molecule has 3 atom stereocenters. The third-order valence-corrected chi connectivity index (χ3v) is 5.89. The predicted octanol–water partition coefficient (Wildman–Crippen LogP) is 3.14. The molecule has 1 fully saturated rings. The van der Waals surface area contributed by atoms with Gasteiger partial charge in [0.25, 0.3) is 5.91 Å². The second-order valence-corrected chi connectivity index (χ2v) is 7.99. The molecule has 1 amide bonds. The van der Waals surface area contributed by atoms with E-state index in [2.05, 4.69) is 25.0 Å². The maximum absolute atomic E-state index is 15.0. The maximum Gasteiger partial charge on any atom is 0.304 e. The molecule has 0 bridgehead atoms. The Balaban J connectivity index is 1.66. The van der Waals surface area contributed by atoms with Crippen LogP contribution in [0.25, 0.3) is 0 Å². The molecule has 0 unspecified atom stereocenters. The number of anilines is 1. The molecule has 1 saturated heterocycles. The summed E-state index contributed by atoms with van der Waals surface area (Å²) in [5.41, 5.74) is 3.75. The number of aromatic nitrogens is 2. The summed E-state index contributed by atoms with van der Waals surface area (Å²) >= 11 is 0. The van der Waals surface area contributed by atoms with E-state index in [0.717, 1.165) is 18.5 Å². The summed E-state index contributed by atoms with van der Waals surface area (Å²) in [6, 6.07) is 3.54. The molecule has 2 aliphatic rings. The van der Waals surface area contributed by atoms with Gasteiger partial charge < -0.3 is 20.5 Å². The van der Waals surface area contributed by atoms with Crippen molar-refractivity contribution < 1.29 is 36.2 Å². The number of nitrogens with one attached hydrogen (secondary N) is 1. The quantitative estimate of drug-likeness (QED) is 0.609. The van der Waals surface area contributed by atoms with Gasteiger partial charge in [0, 0.05) is 17.7 Å². The van der Waals surface area contributed by atoms with Crippen LogP contribution in [0.4, 0.5) is 27.6 Å². The van der Waals surface area contributed by atoms with Gasteiger partial charge in [0.05, 0.1) is 25.1 Å². The molecular weight excluding hydrogens is 465 g/mol. The highest BCUT2D eigenvalue weighted by molar-refractivity contribution is 6.02. The van der Waals surface area contributed by atoms with Crippen LogP contribution in [0.2, 0.25) is 0 Å². The molecule has 2 aromatic rings. The molecule has 3 heterocycles. The molecule has 0 spiro atoms. The number of alkyl halides is 4. The van der Waals surface area contributed by atoms with Crippen LogP contribution in [0, 0.1) is 11.7 Å². The Morgan fingerprint density at radius 2 is 2.06 bits per heavy atom. The standard InChI is InChI=1S/C21H20F5N5O3/c22-6-13-3-11-5-21(25,26)19(27)31-20(11,9-33-13)14-4-12(1-2-15(14)24)30-18(32)16-7-29-17(8-28-16)34-10-23/h1-2,4,7-8,11,13H,3,5-6,9-10H2,(H2,27,31)(H,30,32)/t11-,13+,20-/m0/s1. The van der Waals surface area contributed by atoms with Crippen LogP contribution >= 0.6 is 0 Å². The number of amidine groups is 1. The lowest BCUT2D eigenvalue weighted by Gasteiger charge is -2.47. The molecule has 34 heavy (non-hydrogen) atoms. The molecule has 2 aliphatic heterocycles. The largest absolute Gasteiger partial charge is 0.445 e. The Morgan fingerprint density at radius 3 is 2.74 bits per heavy atom. The third kappa shape index (κ3) is 4.39. The minimum absolute atomic E-state index is 0.109. The van der Waals surface area contributed by atoms with Crippen molar-refractivity contribution in [2.45, 2.75) is 30.4 Å². The zero-order chi connectivity index (χ0) is 24.5. The Morgan fingerprint density at radius 1 is 1.26 bits per heavy atom. The van der Waals surface area contributed by atoms with E-state index in [1.54, 1.807) is 0 Å². The summed E-state index contributed by atoms with van der Waals surface area (Å²) in [4.78, 5) is 24.0. The number of carbonyl (C=O) groups excluding carboxylic acids is 1. The lowest BCUT2D eigenvalue weighted by atomic mass is 9.69. The van der Waals surface area contributed by atoms with E-state index in [4.69, 9.17) is 10.5 Å².